The first-order valence-corrected chi connectivity index (χ1v) is 6.37. The summed E-state index contributed by atoms with van der Waals surface area (Å²) in [5, 5.41) is 0. The summed E-state index contributed by atoms with van der Waals surface area (Å²) in [4.78, 5) is 0. The van der Waals surface area contributed by atoms with Crippen molar-refractivity contribution in [2.45, 2.75) is 44.6 Å². The van der Waals surface area contributed by atoms with Crippen LogP contribution in [0.3, 0.4) is 0 Å². The lowest BCUT2D eigenvalue weighted by Crippen LogP contribution is -2.14. The van der Waals surface area contributed by atoms with E-state index in [0.29, 0.717) is 6.10 Å². The Morgan fingerprint density at radius 1 is 1.21 bits per heavy atom. The van der Waals surface area contributed by atoms with Crippen LogP contribution in [0.1, 0.15) is 38.5 Å². The highest BCUT2D eigenvalue weighted by Gasteiger charge is 2.14. The van der Waals surface area contributed by atoms with E-state index < -0.39 is 0 Å². The molecule has 1 heterocycles. The highest BCUT2D eigenvalue weighted by molar-refractivity contribution is 7.80. The van der Waals surface area contributed by atoms with Gasteiger partial charge in [0, 0.05) is 13.2 Å². The van der Waals surface area contributed by atoms with Gasteiger partial charge in [0.25, 0.3) is 0 Å². The van der Waals surface area contributed by atoms with Crippen LogP contribution < -0.4 is 0 Å². The Labute approximate surface area is 92.8 Å². The molecule has 3 heteroatoms. The van der Waals surface area contributed by atoms with Crippen molar-refractivity contribution in [2.24, 2.45) is 0 Å². The van der Waals surface area contributed by atoms with E-state index in [4.69, 9.17) is 9.47 Å². The molecule has 0 amide bonds. The summed E-state index contributed by atoms with van der Waals surface area (Å²) >= 11 is 4.18. The summed E-state index contributed by atoms with van der Waals surface area (Å²) in [5.74, 6) is 1.01. The van der Waals surface area contributed by atoms with Gasteiger partial charge in [-0.1, -0.05) is 12.8 Å². The third kappa shape index (κ3) is 5.89. The topological polar surface area (TPSA) is 18.5 Å². The van der Waals surface area contributed by atoms with Gasteiger partial charge in [-0.3, -0.25) is 0 Å². The molecule has 0 bridgehead atoms. The van der Waals surface area contributed by atoms with Gasteiger partial charge in [0.15, 0.2) is 0 Å². The van der Waals surface area contributed by atoms with Gasteiger partial charge < -0.3 is 9.47 Å². The highest BCUT2D eigenvalue weighted by atomic mass is 32.1. The SMILES string of the molecule is SCCCCCCOCC1CCCO1. The predicted molar refractivity (Wildman–Crippen MR) is 62.1 cm³/mol. The number of hydrogen-bond acceptors (Lipinski definition) is 3. The van der Waals surface area contributed by atoms with Crippen LogP contribution in [0.5, 0.6) is 0 Å². The first-order valence-electron chi connectivity index (χ1n) is 5.73. The molecule has 0 aliphatic carbocycles. The molecule has 0 N–H and O–H groups in total. The standard InChI is InChI=1S/C11H22O2S/c14-9-4-2-1-3-7-12-10-11-6-5-8-13-11/h11,14H,1-10H2. The molecule has 14 heavy (non-hydrogen) atoms. The van der Waals surface area contributed by atoms with Crippen molar-refractivity contribution < 1.29 is 9.47 Å². The van der Waals surface area contributed by atoms with Gasteiger partial charge in [0.1, 0.15) is 0 Å². The van der Waals surface area contributed by atoms with Crippen LogP contribution >= 0.6 is 12.6 Å². The summed E-state index contributed by atoms with van der Waals surface area (Å²) < 4.78 is 11.0. The molecule has 84 valence electrons. The van der Waals surface area contributed by atoms with Crippen LogP contribution in [-0.2, 0) is 9.47 Å². The van der Waals surface area contributed by atoms with Crippen LogP contribution in [-0.4, -0.2) is 31.7 Å². The molecule has 1 aliphatic heterocycles. The van der Waals surface area contributed by atoms with Gasteiger partial charge in [0.2, 0.25) is 0 Å². The van der Waals surface area contributed by atoms with E-state index in [1.54, 1.807) is 0 Å². The van der Waals surface area contributed by atoms with Crippen molar-refractivity contribution in [3.05, 3.63) is 0 Å². The van der Waals surface area contributed by atoms with E-state index in [1.165, 1.54) is 38.5 Å². The fourth-order valence-electron chi connectivity index (χ4n) is 1.66. The molecular weight excluding hydrogens is 196 g/mol. The fourth-order valence-corrected chi connectivity index (χ4v) is 1.88. The second-order valence-electron chi connectivity index (χ2n) is 3.85. The summed E-state index contributed by atoms with van der Waals surface area (Å²) in [6.07, 6.45) is 7.73. The van der Waals surface area contributed by atoms with Crippen LogP contribution in [0.25, 0.3) is 0 Å². The molecule has 1 aliphatic rings. The predicted octanol–water partition coefficient (Wildman–Crippen LogP) is 2.67. The first-order chi connectivity index (χ1) is 6.93. The molecular formula is C11H22O2S. The van der Waals surface area contributed by atoms with Crippen molar-refractivity contribution in [3.8, 4) is 0 Å². The maximum absolute atomic E-state index is 5.55. The molecule has 1 rings (SSSR count). The monoisotopic (exact) mass is 218 g/mol. The normalized spacial score (nSPS) is 21.6. The zero-order chi connectivity index (χ0) is 10.1. The molecule has 0 spiro atoms. The number of ether oxygens (including phenoxy) is 2. The zero-order valence-corrected chi connectivity index (χ0v) is 9.81. The van der Waals surface area contributed by atoms with E-state index in [1.807, 2.05) is 0 Å². The largest absolute Gasteiger partial charge is 0.379 e. The Balaban J connectivity index is 1.75. The smallest absolute Gasteiger partial charge is 0.0809 e. The van der Waals surface area contributed by atoms with Gasteiger partial charge in [-0.05, 0) is 31.4 Å². The Morgan fingerprint density at radius 2 is 2.07 bits per heavy atom. The Morgan fingerprint density at radius 3 is 2.79 bits per heavy atom. The quantitative estimate of drug-likeness (QED) is 0.499. The molecule has 1 fully saturated rings. The van der Waals surface area contributed by atoms with E-state index >= 15 is 0 Å². The van der Waals surface area contributed by atoms with E-state index in [2.05, 4.69) is 12.6 Å². The third-order valence-electron chi connectivity index (χ3n) is 2.52. The van der Waals surface area contributed by atoms with Gasteiger partial charge in [-0.15, -0.1) is 0 Å². The summed E-state index contributed by atoms with van der Waals surface area (Å²) in [5.41, 5.74) is 0. The van der Waals surface area contributed by atoms with E-state index in [9.17, 15) is 0 Å². The molecule has 0 aromatic heterocycles. The van der Waals surface area contributed by atoms with E-state index in [-0.39, 0.29) is 0 Å². The van der Waals surface area contributed by atoms with Gasteiger partial charge in [-0.2, -0.15) is 12.6 Å². The Kier molecular flexibility index (Phi) is 7.55. The van der Waals surface area contributed by atoms with E-state index in [0.717, 1.165) is 25.6 Å². The lowest BCUT2D eigenvalue weighted by molar-refractivity contribution is 0.0161. The van der Waals surface area contributed by atoms with Crippen LogP contribution in [0.4, 0.5) is 0 Å². The highest BCUT2D eigenvalue weighted by Crippen LogP contribution is 2.12. The average molecular weight is 218 g/mol. The number of unbranched alkanes of at least 4 members (excludes halogenated alkanes) is 3. The maximum Gasteiger partial charge on any atom is 0.0809 e. The van der Waals surface area contributed by atoms with Crippen molar-refractivity contribution in [1.29, 1.82) is 0 Å². The molecule has 0 radical (unpaired) electrons. The molecule has 1 saturated heterocycles. The van der Waals surface area contributed by atoms with Gasteiger partial charge >= 0.3 is 0 Å². The lowest BCUT2D eigenvalue weighted by atomic mass is 10.2. The molecule has 0 aromatic carbocycles. The maximum atomic E-state index is 5.55. The molecule has 1 unspecified atom stereocenters. The van der Waals surface area contributed by atoms with Gasteiger partial charge in [0.05, 0.1) is 12.7 Å². The van der Waals surface area contributed by atoms with Crippen LogP contribution in [0.2, 0.25) is 0 Å². The Bertz CT molecular complexity index is 124. The second-order valence-corrected chi connectivity index (χ2v) is 4.29. The zero-order valence-electron chi connectivity index (χ0n) is 8.91. The first kappa shape index (κ1) is 12.3. The van der Waals surface area contributed by atoms with Crippen LogP contribution in [0.15, 0.2) is 0 Å². The minimum Gasteiger partial charge on any atom is -0.379 e. The van der Waals surface area contributed by atoms with Gasteiger partial charge in [-0.25, -0.2) is 0 Å². The van der Waals surface area contributed by atoms with Crippen molar-refractivity contribution in [1.82, 2.24) is 0 Å². The third-order valence-corrected chi connectivity index (χ3v) is 2.84. The summed E-state index contributed by atoms with van der Waals surface area (Å²) in [6, 6.07) is 0. The Hall–Kier alpha value is 0.270. The van der Waals surface area contributed by atoms with Crippen molar-refractivity contribution in [3.63, 3.8) is 0 Å². The molecule has 0 aromatic rings. The second kappa shape index (κ2) is 8.57. The van der Waals surface area contributed by atoms with Crippen LogP contribution in [0, 0.1) is 0 Å². The fraction of sp³-hybridized carbons (Fsp3) is 1.00. The minimum atomic E-state index is 0.382. The summed E-state index contributed by atoms with van der Waals surface area (Å²) in [7, 11) is 0. The summed E-state index contributed by atoms with van der Waals surface area (Å²) in [6.45, 7) is 2.62. The number of hydrogen-bond donors (Lipinski definition) is 1. The van der Waals surface area contributed by atoms with Crippen molar-refractivity contribution in [2.75, 3.05) is 25.6 Å². The molecule has 1 atom stereocenters. The molecule has 0 saturated carbocycles. The number of thiol groups is 1. The minimum absolute atomic E-state index is 0.382. The van der Waals surface area contributed by atoms with Crippen molar-refractivity contribution >= 4 is 12.6 Å². The lowest BCUT2D eigenvalue weighted by Gasteiger charge is -2.09. The molecule has 2 nitrogen and oxygen atoms in total. The number of rotatable bonds is 8. The average Bonchev–Trinajstić information content (AvgIpc) is 2.69.